The SMILES string of the molecule is CSCCC(NC(=O)C(NC(=O)C(CC(=O)O)NC(=O)C1CCCN1)C(C)O)C(=O)O. The number of amides is 3. The van der Waals surface area contributed by atoms with Gasteiger partial charge in [0.2, 0.25) is 17.7 Å². The van der Waals surface area contributed by atoms with Crippen molar-refractivity contribution in [1.29, 1.82) is 0 Å². The minimum Gasteiger partial charge on any atom is -0.481 e. The number of aliphatic hydroxyl groups excluding tert-OH is 1. The van der Waals surface area contributed by atoms with Crippen LogP contribution < -0.4 is 21.3 Å². The molecule has 1 aliphatic rings. The highest BCUT2D eigenvalue weighted by atomic mass is 32.2. The maximum atomic E-state index is 12.6. The third-order valence-electron chi connectivity index (χ3n) is 4.68. The number of carboxylic acids is 2. The first-order valence-electron chi connectivity index (χ1n) is 9.82. The minimum absolute atomic E-state index is 0.134. The lowest BCUT2D eigenvalue weighted by Gasteiger charge is -2.26. The van der Waals surface area contributed by atoms with E-state index in [-0.39, 0.29) is 6.42 Å². The topological polar surface area (TPSA) is 194 Å². The molecule has 176 valence electrons. The van der Waals surface area contributed by atoms with Crippen LogP contribution in [0.25, 0.3) is 0 Å². The van der Waals surface area contributed by atoms with Crippen molar-refractivity contribution in [2.45, 2.75) is 62.9 Å². The molecule has 12 nitrogen and oxygen atoms in total. The highest BCUT2D eigenvalue weighted by Crippen LogP contribution is 2.07. The Morgan fingerprint density at radius 1 is 1.06 bits per heavy atom. The van der Waals surface area contributed by atoms with Crippen LogP contribution in [0.2, 0.25) is 0 Å². The van der Waals surface area contributed by atoms with Crippen molar-refractivity contribution in [3.63, 3.8) is 0 Å². The largest absolute Gasteiger partial charge is 0.481 e. The molecule has 1 aliphatic heterocycles. The average Bonchev–Trinajstić information content (AvgIpc) is 3.22. The van der Waals surface area contributed by atoms with Gasteiger partial charge in [-0.15, -0.1) is 0 Å². The van der Waals surface area contributed by atoms with Gasteiger partial charge in [-0.1, -0.05) is 0 Å². The second-order valence-electron chi connectivity index (χ2n) is 7.22. The standard InChI is InChI=1S/C18H30N4O8S/c1-9(23)14(17(28)20-11(18(29)30)5-7-31-2)22-16(27)12(8-13(24)25)21-15(26)10-4-3-6-19-10/h9-12,14,19,23H,3-8H2,1-2H3,(H,20,28)(H,21,26)(H,22,27)(H,24,25)(H,29,30). The van der Waals surface area contributed by atoms with Crippen LogP contribution in [0.15, 0.2) is 0 Å². The highest BCUT2D eigenvalue weighted by Gasteiger charge is 2.34. The Morgan fingerprint density at radius 2 is 1.74 bits per heavy atom. The fraction of sp³-hybridized carbons (Fsp3) is 0.722. The number of carbonyl (C=O) groups excluding carboxylic acids is 3. The van der Waals surface area contributed by atoms with Crippen molar-refractivity contribution >= 4 is 41.4 Å². The van der Waals surface area contributed by atoms with E-state index >= 15 is 0 Å². The smallest absolute Gasteiger partial charge is 0.326 e. The van der Waals surface area contributed by atoms with Gasteiger partial charge in [0.05, 0.1) is 18.6 Å². The quantitative estimate of drug-likeness (QED) is 0.159. The van der Waals surface area contributed by atoms with Crippen molar-refractivity contribution in [3.05, 3.63) is 0 Å². The van der Waals surface area contributed by atoms with Gasteiger partial charge in [0.25, 0.3) is 0 Å². The molecule has 1 rings (SSSR count). The lowest BCUT2D eigenvalue weighted by molar-refractivity contribution is -0.144. The molecule has 1 saturated heterocycles. The molecule has 0 saturated carbocycles. The van der Waals surface area contributed by atoms with E-state index in [4.69, 9.17) is 5.11 Å². The molecule has 31 heavy (non-hydrogen) atoms. The Bertz CT molecular complexity index is 669. The molecule has 0 aliphatic carbocycles. The van der Waals surface area contributed by atoms with Gasteiger partial charge < -0.3 is 36.6 Å². The number of nitrogens with one attached hydrogen (secondary N) is 4. The Balaban J connectivity index is 2.86. The summed E-state index contributed by atoms with van der Waals surface area (Å²) in [5, 5.41) is 38.0. The Morgan fingerprint density at radius 3 is 2.23 bits per heavy atom. The third-order valence-corrected chi connectivity index (χ3v) is 5.32. The summed E-state index contributed by atoms with van der Waals surface area (Å²) >= 11 is 1.39. The van der Waals surface area contributed by atoms with Crippen LogP contribution in [-0.4, -0.2) is 93.8 Å². The van der Waals surface area contributed by atoms with Gasteiger partial charge in [-0.05, 0) is 44.7 Å². The van der Waals surface area contributed by atoms with E-state index in [1.165, 1.54) is 18.7 Å². The van der Waals surface area contributed by atoms with Crippen molar-refractivity contribution in [2.24, 2.45) is 0 Å². The summed E-state index contributed by atoms with van der Waals surface area (Å²) in [5.74, 6) is -4.61. The molecule has 0 bridgehead atoms. The molecule has 5 unspecified atom stereocenters. The van der Waals surface area contributed by atoms with Gasteiger partial charge in [-0.3, -0.25) is 19.2 Å². The molecular weight excluding hydrogens is 432 g/mol. The molecule has 13 heteroatoms. The molecule has 0 aromatic rings. The van der Waals surface area contributed by atoms with E-state index in [1.54, 1.807) is 6.26 Å². The monoisotopic (exact) mass is 462 g/mol. The molecule has 1 fully saturated rings. The van der Waals surface area contributed by atoms with Gasteiger partial charge >= 0.3 is 11.9 Å². The third kappa shape index (κ3) is 9.11. The lowest BCUT2D eigenvalue weighted by atomic mass is 10.1. The van der Waals surface area contributed by atoms with Gasteiger partial charge in [0.1, 0.15) is 18.1 Å². The summed E-state index contributed by atoms with van der Waals surface area (Å²) in [6, 6.07) is -4.79. The van der Waals surface area contributed by atoms with Crippen LogP contribution in [0.1, 0.15) is 32.6 Å². The predicted octanol–water partition coefficient (Wildman–Crippen LogP) is -2.11. The number of aliphatic carboxylic acids is 2. The number of carbonyl (C=O) groups is 5. The van der Waals surface area contributed by atoms with Crippen molar-refractivity contribution in [1.82, 2.24) is 21.3 Å². The van der Waals surface area contributed by atoms with Crippen molar-refractivity contribution in [3.8, 4) is 0 Å². The molecule has 0 aromatic heterocycles. The number of hydrogen-bond acceptors (Lipinski definition) is 8. The number of rotatable bonds is 13. The Kier molecular flexibility index (Phi) is 11.3. The molecule has 0 aromatic carbocycles. The summed E-state index contributed by atoms with van der Waals surface area (Å²) in [6.07, 6.45) is 1.07. The summed E-state index contributed by atoms with van der Waals surface area (Å²) in [6.45, 7) is 1.84. The molecule has 3 amide bonds. The maximum Gasteiger partial charge on any atom is 0.326 e. The summed E-state index contributed by atoms with van der Waals surface area (Å²) in [5.41, 5.74) is 0. The summed E-state index contributed by atoms with van der Waals surface area (Å²) in [7, 11) is 0. The van der Waals surface area contributed by atoms with Crippen molar-refractivity contribution < 1.29 is 39.3 Å². The normalized spacial score (nSPS) is 19.5. The van der Waals surface area contributed by atoms with E-state index < -0.39 is 66.4 Å². The molecule has 5 atom stereocenters. The Hall–Kier alpha value is -2.38. The van der Waals surface area contributed by atoms with E-state index in [0.29, 0.717) is 18.7 Å². The fourth-order valence-corrected chi connectivity index (χ4v) is 3.45. The van der Waals surface area contributed by atoms with Gasteiger partial charge in [0.15, 0.2) is 0 Å². The van der Waals surface area contributed by atoms with Crippen LogP contribution in [0.4, 0.5) is 0 Å². The van der Waals surface area contributed by atoms with Gasteiger partial charge in [-0.25, -0.2) is 4.79 Å². The van der Waals surface area contributed by atoms with Crippen LogP contribution in [0.3, 0.4) is 0 Å². The van der Waals surface area contributed by atoms with E-state index in [0.717, 1.165) is 6.42 Å². The number of thioether (sulfide) groups is 1. The van der Waals surface area contributed by atoms with Crippen LogP contribution in [0.5, 0.6) is 0 Å². The van der Waals surface area contributed by atoms with E-state index in [2.05, 4.69) is 21.3 Å². The molecule has 1 heterocycles. The zero-order valence-corrected chi connectivity index (χ0v) is 18.2. The zero-order valence-electron chi connectivity index (χ0n) is 17.4. The number of hydrogen-bond donors (Lipinski definition) is 7. The summed E-state index contributed by atoms with van der Waals surface area (Å²) in [4.78, 5) is 59.9. The Labute approximate surface area is 183 Å². The number of aliphatic hydroxyl groups is 1. The minimum atomic E-state index is -1.54. The van der Waals surface area contributed by atoms with Crippen LogP contribution in [0, 0.1) is 0 Å². The molecule has 0 spiro atoms. The maximum absolute atomic E-state index is 12.6. The first-order valence-corrected chi connectivity index (χ1v) is 11.2. The fourth-order valence-electron chi connectivity index (χ4n) is 2.98. The second-order valence-corrected chi connectivity index (χ2v) is 8.20. The molecular formula is C18H30N4O8S. The predicted molar refractivity (Wildman–Crippen MR) is 111 cm³/mol. The zero-order chi connectivity index (χ0) is 23.6. The van der Waals surface area contributed by atoms with E-state index in [1.807, 2.05) is 0 Å². The van der Waals surface area contributed by atoms with Crippen LogP contribution in [-0.2, 0) is 24.0 Å². The van der Waals surface area contributed by atoms with Gasteiger partial charge in [0, 0.05) is 0 Å². The highest BCUT2D eigenvalue weighted by molar-refractivity contribution is 7.98. The molecule has 0 radical (unpaired) electrons. The van der Waals surface area contributed by atoms with Crippen LogP contribution >= 0.6 is 11.8 Å². The molecule has 7 N–H and O–H groups in total. The first-order chi connectivity index (χ1) is 14.6. The number of carboxylic acid groups (broad SMARTS) is 2. The van der Waals surface area contributed by atoms with Gasteiger partial charge in [-0.2, -0.15) is 11.8 Å². The van der Waals surface area contributed by atoms with E-state index in [9.17, 15) is 34.2 Å². The second kappa shape index (κ2) is 13.1. The first kappa shape index (κ1) is 26.7. The lowest BCUT2D eigenvalue weighted by Crippen LogP contribution is -2.60. The summed E-state index contributed by atoms with van der Waals surface area (Å²) < 4.78 is 0. The average molecular weight is 463 g/mol. The van der Waals surface area contributed by atoms with Crippen molar-refractivity contribution in [2.75, 3.05) is 18.6 Å².